The number of nitrogens with one attached hydrogen (secondary N) is 1. The van der Waals surface area contributed by atoms with E-state index in [9.17, 15) is 9.50 Å². The average Bonchev–Trinajstić information content (AvgIpc) is 2.11. The molecule has 0 heterocycles. The molecule has 1 rings (SSSR count). The van der Waals surface area contributed by atoms with Crippen molar-refractivity contribution in [1.82, 2.24) is 5.32 Å². The molecular weight excluding hydrogens is 205 g/mol. The maximum atomic E-state index is 13.1. The number of benzene rings is 1. The van der Waals surface area contributed by atoms with Crippen LogP contribution in [0.2, 0.25) is 5.02 Å². The van der Waals surface area contributed by atoms with E-state index in [-0.39, 0.29) is 5.02 Å². The van der Waals surface area contributed by atoms with Crippen molar-refractivity contribution in [2.24, 2.45) is 0 Å². The molecule has 0 saturated heterocycles. The lowest BCUT2D eigenvalue weighted by Gasteiger charge is -2.13. The predicted molar refractivity (Wildman–Crippen MR) is 55.0 cm³/mol. The number of aliphatic hydroxyl groups is 1. The van der Waals surface area contributed by atoms with Gasteiger partial charge in [0.25, 0.3) is 0 Å². The van der Waals surface area contributed by atoms with E-state index in [0.29, 0.717) is 12.1 Å². The van der Waals surface area contributed by atoms with E-state index < -0.39 is 11.9 Å². The number of halogens is 2. The Kier molecular flexibility index (Phi) is 3.86. The molecule has 0 aliphatic rings. The Morgan fingerprint density at radius 3 is 2.79 bits per heavy atom. The fraction of sp³-hybridized carbons (Fsp3) is 0.400. The number of hydrogen-bond donors (Lipinski definition) is 2. The van der Waals surface area contributed by atoms with E-state index >= 15 is 0 Å². The fourth-order valence-electron chi connectivity index (χ4n) is 1.32. The molecule has 0 bridgehead atoms. The Bertz CT molecular complexity index is 330. The zero-order valence-corrected chi connectivity index (χ0v) is 8.90. The third kappa shape index (κ3) is 2.44. The third-order valence-corrected chi connectivity index (χ3v) is 2.36. The lowest BCUT2D eigenvalue weighted by molar-refractivity contribution is 0.176. The summed E-state index contributed by atoms with van der Waals surface area (Å²) in [5, 5.41) is 12.6. The van der Waals surface area contributed by atoms with Crippen molar-refractivity contribution in [3.8, 4) is 0 Å². The van der Waals surface area contributed by atoms with Gasteiger partial charge < -0.3 is 10.4 Å². The highest BCUT2D eigenvalue weighted by Crippen LogP contribution is 2.24. The van der Waals surface area contributed by atoms with E-state index in [1.165, 1.54) is 12.1 Å². The van der Waals surface area contributed by atoms with Crippen molar-refractivity contribution < 1.29 is 9.50 Å². The first-order valence-corrected chi connectivity index (χ1v) is 4.72. The lowest BCUT2D eigenvalue weighted by Crippen LogP contribution is -2.17. The summed E-state index contributed by atoms with van der Waals surface area (Å²) in [4.78, 5) is 0. The van der Waals surface area contributed by atoms with Gasteiger partial charge in [-0.3, -0.25) is 0 Å². The van der Waals surface area contributed by atoms with Crippen molar-refractivity contribution in [2.45, 2.75) is 13.0 Å². The molecule has 0 aliphatic carbocycles. The van der Waals surface area contributed by atoms with Crippen molar-refractivity contribution in [3.05, 3.63) is 34.1 Å². The van der Waals surface area contributed by atoms with Gasteiger partial charge in [-0.05, 0) is 37.2 Å². The summed E-state index contributed by atoms with van der Waals surface area (Å²) in [6.07, 6.45) is -0.702. The molecule has 0 amide bonds. The normalized spacial score (nSPS) is 12.9. The number of aryl methyl sites for hydroxylation is 1. The van der Waals surface area contributed by atoms with Crippen LogP contribution < -0.4 is 5.32 Å². The van der Waals surface area contributed by atoms with Gasteiger partial charge in [0.1, 0.15) is 5.82 Å². The Morgan fingerprint density at radius 1 is 1.57 bits per heavy atom. The van der Waals surface area contributed by atoms with E-state index in [2.05, 4.69) is 5.32 Å². The molecule has 1 atom stereocenters. The number of likely N-dealkylation sites (N-methyl/N-ethyl adjacent to an activating group) is 1. The molecular formula is C10H13ClFNO. The zero-order valence-electron chi connectivity index (χ0n) is 8.14. The third-order valence-electron chi connectivity index (χ3n) is 2.07. The maximum Gasteiger partial charge on any atom is 0.142 e. The molecule has 2 N–H and O–H groups in total. The topological polar surface area (TPSA) is 32.3 Å². The minimum atomic E-state index is -0.702. The summed E-state index contributed by atoms with van der Waals surface area (Å²) < 4.78 is 13.1. The molecule has 0 fully saturated rings. The molecule has 2 nitrogen and oxygen atoms in total. The highest BCUT2D eigenvalue weighted by Gasteiger charge is 2.12. The van der Waals surface area contributed by atoms with Gasteiger partial charge in [-0.2, -0.15) is 0 Å². The Balaban J connectivity index is 3.02. The Morgan fingerprint density at radius 2 is 2.21 bits per heavy atom. The summed E-state index contributed by atoms with van der Waals surface area (Å²) >= 11 is 5.60. The van der Waals surface area contributed by atoms with Gasteiger partial charge in [-0.1, -0.05) is 11.6 Å². The molecule has 0 saturated carbocycles. The monoisotopic (exact) mass is 217 g/mol. The van der Waals surface area contributed by atoms with Gasteiger partial charge in [0.15, 0.2) is 0 Å². The number of rotatable bonds is 3. The van der Waals surface area contributed by atoms with Crippen LogP contribution in [0, 0.1) is 12.7 Å². The second kappa shape index (κ2) is 4.73. The minimum absolute atomic E-state index is 0.0860. The van der Waals surface area contributed by atoms with E-state index in [1.807, 2.05) is 0 Å². The molecule has 0 aromatic heterocycles. The van der Waals surface area contributed by atoms with Crippen molar-refractivity contribution >= 4 is 11.6 Å². The highest BCUT2D eigenvalue weighted by molar-refractivity contribution is 6.30. The maximum absolute atomic E-state index is 13.1. The zero-order chi connectivity index (χ0) is 10.7. The van der Waals surface area contributed by atoms with Crippen molar-refractivity contribution in [3.63, 3.8) is 0 Å². The first-order chi connectivity index (χ1) is 6.56. The van der Waals surface area contributed by atoms with Crippen LogP contribution in [0.15, 0.2) is 12.1 Å². The second-order valence-electron chi connectivity index (χ2n) is 3.20. The first-order valence-electron chi connectivity index (χ1n) is 4.34. The van der Waals surface area contributed by atoms with Crippen LogP contribution in [-0.2, 0) is 0 Å². The van der Waals surface area contributed by atoms with Gasteiger partial charge in [-0.15, -0.1) is 0 Å². The summed E-state index contributed by atoms with van der Waals surface area (Å²) in [5.41, 5.74) is 1.36. The van der Waals surface area contributed by atoms with Crippen LogP contribution in [0.25, 0.3) is 0 Å². The second-order valence-corrected chi connectivity index (χ2v) is 3.60. The first kappa shape index (κ1) is 11.4. The number of hydrogen-bond acceptors (Lipinski definition) is 2. The van der Waals surface area contributed by atoms with Gasteiger partial charge in [0.2, 0.25) is 0 Å². The van der Waals surface area contributed by atoms with Crippen LogP contribution in [-0.4, -0.2) is 18.7 Å². The molecule has 4 heteroatoms. The molecule has 78 valence electrons. The molecule has 1 aromatic carbocycles. The van der Waals surface area contributed by atoms with Crippen molar-refractivity contribution in [2.75, 3.05) is 13.6 Å². The number of aliphatic hydroxyl groups excluding tert-OH is 1. The molecule has 1 unspecified atom stereocenters. The minimum Gasteiger partial charge on any atom is -0.387 e. The van der Waals surface area contributed by atoms with Crippen LogP contribution in [0.1, 0.15) is 17.2 Å². The lowest BCUT2D eigenvalue weighted by atomic mass is 10.0. The van der Waals surface area contributed by atoms with E-state index in [1.54, 1.807) is 14.0 Å². The van der Waals surface area contributed by atoms with Gasteiger partial charge >= 0.3 is 0 Å². The molecule has 0 spiro atoms. The fourth-order valence-corrected chi connectivity index (χ4v) is 1.54. The Labute approximate surface area is 87.7 Å². The van der Waals surface area contributed by atoms with Crippen molar-refractivity contribution in [1.29, 1.82) is 0 Å². The Hall–Kier alpha value is -0.640. The SMILES string of the molecule is CNCC(O)c1cc(F)c(Cl)cc1C. The predicted octanol–water partition coefficient (Wildman–Crippen LogP) is 2.04. The molecule has 0 aliphatic heterocycles. The van der Waals surface area contributed by atoms with Crippen LogP contribution >= 0.6 is 11.6 Å². The quantitative estimate of drug-likeness (QED) is 0.812. The van der Waals surface area contributed by atoms with Crippen LogP contribution in [0.5, 0.6) is 0 Å². The largest absolute Gasteiger partial charge is 0.387 e. The smallest absolute Gasteiger partial charge is 0.142 e. The van der Waals surface area contributed by atoms with E-state index in [4.69, 9.17) is 11.6 Å². The van der Waals surface area contributed by atoms with Gasteiger partial charge in [0.05, 0.1) is 11.1 Å². The van der Waals surface area contributed by atoms with Gasteiger partial charge in [0, 0.05) is 6.54 Å². The molecule has 14 heavy (non-hydrogen) atoms. The summed E-state index contributed by atoms with van der Waals surface area (Å²) in [5.74, 6) is -0.498. The standard InChI is InChI=1S/C10H13ClFNO/c1-6-3-8(11)9(12)4-7(6)10(14)5-13-2/h3-4,10,13-14H,5H2,1-2H3. The average molecular weight is 218 g/mol. The van der Waals surface area contributed by atoms with E-state index in [0.717, 1.165) is 5.56 Å². The highest BCUT2D eigenvalue weighted by atomic mass is 35.5. The molecule has 0 radical (unpaired) electrons. The molecule has 1 aromatic rings. The summed E-state index contributed by atoms with van der Waals surface area (Å²) in [6, 6.07) is 2.80. The van der Waals surface area contributed by atoms with Gasteiger partial charge in [-0.25, -0.2) is 4.39 Å². The summed E-state index contributed by atoms with van der Waals surface area (Å²) in [6.45, 7) is 2.18. The summed E-state index contributed by atoms with van der Waals surface area (Å²) in [7, 11) is 1.73. The van der Waals surface area contributed by atoms with Crippen LogP contribution in [0.4, 0.5) is 4.39 Å². The van der Waals surface area contributed by atoms with Crippen LogP contribution in [0.3, 0.4) is 0 Å².